The van der Waals surface area contributed by atoms with Gasteiger partial charge in [0.1, 0.15) is 0 Å². The summed E-state index contributed by atoms with van der Waals surface area (Å²) in [6.07, 6.45) is 0.992. The fourth-order valence-electron chi connectivity index (χ4n) is 0.589. The van der Waals surface area contributed by atoms with E-state index in [9.17, 15) is 0 Å². The molecule has 10 heavy (non-hydrogen) atoms. The van der Waals surface area contributed by atoms with Crippen LogP contribution in [0.1, 0.15) is 13.3 Å². The first-order valence-electron chi connectivity index (χ1n) is 3.53. The van der Waals surface area contributed by atoms with Crippen molar-refractivity contribution >= 4 is 5.96 Å². The fraction of sp³-hybridized carbons (Fsp3) is 0.833. The molecule has 5 N–H and O–H groups in total. The monoisotopic (exact) mass is 144 g/mol. The van der Waals surface area contributed by atoms with E-state index in [-0.39, 0.29) is 5.96 Å². The van der Waals surface area contributed by atoms with E-state index in [0.717, 1.165) is 26.1 Å². The third-order valence-electron chi connectivity index (χ3n) is 1.06. The Morgan fingerprint density at radius 3 is 2.70 bits per heavy atom. The van der Waals surface area contributed by atoms with Crippen LogP contribution in [-0.2, 0) is 0 Å². The number of aliphatic imine (C=N–C) groups is 1. The zero-order chi connectivity index (χ0) is 7.82. The Bertz CT molecular complexity index is 95.9. The molecule has 0 unspecified atom stereocenters. The first kappa shape index (κ1) is 9.23. The summed E-state index contributed by atoms with van der Waals surface area (Å²) in [6, 6.07) is 0. The Morgan fingerprint density at radius 2 is 2.20 bits per heavy atom. The zero-order valence-electron chi connectivity index (χ0n) is 6.43. The molecular formula is C6H16N4. The summed E-state index contributed by atoms with van der Waals surface area (Å²) >= 11 is 0. The minimum Gasteiger partial charge on any atom is -0.370 e. The lowest BCUT2D eigenvalue weighted by atomic mass is 10.4. The van der Waals surface area contributed by atoms with Crippen LogP contribution in [-0.4, -0.2) is 25.6 Å². The molecule has 0 rings (SSSR count). The highest BCUT2D eigenvalue weighted by Gasteiger charge is 1.83. The second kappa shape index (κ2) is 6.35. The van der Waals surface area contributed by atoms with Crippen molar-refractivity contribution in [2.45, 2.75) is 13.3 Å². The van der Waals surface area contributed by atoms with E-state index < -0.39 is 0 Å². The third-order valence-corrected chi connectivity index (χ3v) is 1.06. The lowest BCUT2D eigenvalue weighted by Gasteiger charge is -1.97. The van der Waals surface area contributed by atoms with Gasteiger partial charge in [0, 0.05) is 6.54 Å². The van der Waals surface area contributed by atoms with Gasteiger partial charge in [-0.05, 0) is 19.5 Å². The lowest BCUT2D eigenvalue weighted by molar-refractivity contribution is 0.679. The van der Waals surface area contributed by atoms with E-state index in [1.807, 2.05) is 0 Å². The summed E-state index contributed by atoms with van der Waals surface area (Å²) in [6.45, 7) is 4.77. The topological polar surface area (TPSA) is 76.4 Å². The molecule has 4 heteroatoms. The molecule has 0 heterocycles. The molecule has 0 radical (unpaired) electrons. The van der Waals surface area contributed by atoms with Crippen molar-refractivity contribution in [3.63, 3.8) is 0 Å². The number of guanidine groups is 1. The van der Waals surface area contributed by atoms with Gasteiger partial charge in [-0.3, -0.25) is 4.99 Å². The van der Waals surface area contributed by atoms with Crippen LogP contribution in [0.3, 0.4) is 0 Å². The average Bonchev–Trinajstić information content (AvgIpc) is 1.87. The Kier molecular flexibility index (Phi) is 5.86. The Labute approximate surface area is 61.7 Å². The molecular weight excluding hydrogens is 128 g/mol. The molecule has 0 aromatic rings. The maximum atomic E-state index is 5.11. The molecule has 0 saturated carbocycles. The summed E-state index contributed by atoms with van der Waals surface area (Å²) in [7, 11) is 0. The minimum atomic E-state index is 0.177. The van der Waals surface area contributed by atoms with Crippen LogP contribution in [0.4, 0.5) is 0 Å². The van der Waals surface area contributed by atoms with Gasteiger partial charge in [0.2, 0.25) is 0 Å². The average molecular weight is 144 g/mol. The van der Waals surface area contributed by atoms with Crippen LogP contribution in [0.5, 0.6) is 0 Å². The molecule has 60 valence electrons. The summed E-state index contributed by atoms with van der Waals surface area (Å²) in [5, 5.41) is 3.17. The van der Waals surface area contributed by atoms with Crippen LogP contribution >= 0.6 is 0 Å². The van der Waals surface area contributed by atoms with Gasteiger partial charge in [-0.2, -0.15) is 0 Å². The number of hydrogen-bond donors (Lipinski definition) is 3. The summed E-state index contributed by atoms with van der Waals surface area (Å²) < 4.78 is 0. The Balaban J connectivity index is 2.98. The van der Waals surface area contributed by atoms with Crippen molar-refractivity contribution < 1.29 is 0 Å². The predicted molar refractivity (Wildman–Crippen MR) is 43.8 cm³/mol. The van der Waals surface area contributed by atoms with Gasteiger partial charge in [0.15, 0.2) is 5.96 Å². The van der Waals surface area contributed by atoms with E-state index in [1.165, 1.54) is 0 Å². The number of nitrogens with zero attached hydrogens (tertiary/aromatic N) is 1. The van der Waals surface area contributed by atoms with E-state index in [1.54, 1.807) is 0 Å². The molecule has 0 saturated heterocycles. The van der Waals surface area contributed by atoms with Crippen molar-refractivity contribution in [3.8, 4) is 0 Å². The fourth-order valence-corrected chi connectivity index (χ4v) is 0.589. The van der Waals surface area contributed by atoms with Crippen LogP contribution in [0.25, 0.3) is 0 Å². The maximum Gasteiger partial charge on any atom is 0.185 e. The normalized spacial score (nSPS) is 9.30. The van der Waals surface area contributed by atoms with Crippen LogP contribution in [0.2, 0.25) is 0 Å². The SMILES string of the molecule is CCNCCCN=C(N)N. The molecule has 0 aromatic carbocycles. The highest BCUT2D eigenvalue weighted by atomic mass is 15.0. The van der Waals surface area contributed by atoms with Crippen LogP contribution in [0, 0.1) is 0 Å². The maximum absolute atomic E-state index is 5.11. The standard InChI is InChI=1S/C6H16N4/c1-2-9-4-3-5-10-6(7)8/h9H,2-5H2,1H3,(H4,7,8,10). The molecule has 0 aliphatic rings. The predicted octanol–water partition coefficient (Wildman–Crippen LogP) is -0.741. The largest absolute Gasteiger partial charge is 0.370 e. The van der Waals surface area contributed by atoms with Crippen molar-refractivity contribution in [2.75, 3.05) is 19.6 Å². The number of hydrogen-bond acceptors (Lipinski definition) is 2. The van der Waals surface area contributed by atoms with Gasteiger partial charge < -0.3 is 16.8 Å². The molecule has 0 aliphatic carbocycles. The van der Waals surface area contributed by atoms with E-state index in [4.69, 9.17) is 11.5 Å². The second-order valence-corrected chi connectivity index (χ2v) is 2.01. The molecule has 0 aromatic heterocycles. The van der Waals surface area contributed by atoms with Crippen molar-refractivity contribution in [3.05, 3.63) is 0 Å². The highest BCUT2D eigenvalue weighted by Crippen LogP contribution is 1.76. The van der Waals surface area contributed by atoms with Gasteiger partial charge >= 0.3 is 0 Å². The van der Waals surface area contributed by atoms with Crippen LogP contribution in [0.15, 0.2) is 4.99 Å². The summed E-state index contributed by atoms with van der Waals surface area (Å²) in [5.74, 6) is 0.177. The molecule has 0 amide bonds. The molecule has 4 nitrogen and oxygen atoms in total. The van der Waals surface area contributed by atoms with E-state index in [0.29, 0.717) is 0 Å². The van der Waals surface area contributed by atoms with Crippen molar-refractivity contribution in [1.82, 2.24) is 5.32 Å². The van der Waals surface area contributed by atoms with Crippen molar-refractivity contribution in [1.29, 1.82) is 0 Å². The highest BCUT2D eigenvalue weighted by molar-refractivity contribution is 5.75. The molecule has 0 fully saturated rings. The smallest absolute Gasteiger partial charge is 0.185 e. The third kappa shape index (κ3) is 7.23. The Morgan fingerprint density at radius 1 is 1.50 bits per heavy atom. The molecule has 0 aliphatic heterocycles. The lowest BCUT2D eigenvalue weighted by Crippen LogP contribution is -2.23. The molecule has 0 atom stereocenters. The zero-order valence-corrected chi connectivity index (χ0v) is 6.43. The quantitative estimate of drug-likeness (QED) is 0.270. The number of rotatable bonds is 5. The molecule has 0 spiro atoms. The van der Waals surface area contributed by atoms with Gasteiger partial charge in [0.25, 0.3) is 0 Å². The number of nitrogens with two attached hydrogens (primary N) is 2. The minimum absolute atomic E-state index is 0.177. The van der Waals surface area contributed by atoms with E-state index >= 15 is 0 Å². The van der Waals surface area contributed by atoms with Gasteiger partial charge in [-0.25, -0.2) is 0 Å². The summed E-state index contributed by atoms with van der Waals surface area (Å²) in [4.78, 5) is 3.83. The van der Waals surface area contributed by atoms with Gasteiger partial charge in [0.05, 0.1) is 0 Å². The van der Waals surface area contributed by atoms with Gasteiger partial charge in [-0.1, -0.05) is 6.92 Å². The first-order chi connectivity index (χ1) is 4.77. The van der Waals surface area contributed by atoms with E-state index in [2.05, 4.69) is 17.2 Å². The van der Waals surface area contributed by atoms with Crippen molar-refractivity contribution in [2.24, 2.45) is 16.5 Å². The number of nitrogens with one attached hydrogen (secondary N) is 1. The molecule has 0 bridgehead atoms. The van der Waals surface area contributed by atoms with Crippen LogP contribution < -0.4 is 16.8 Å². The second-order valence-electron chi connectivity index (χ2n) is 2.01. The summed E-state index contributed by atoms with van der Waals surface area (Å²) in [5.41, 5.74) is 10.2. The van der Waals surface area contributed by atoms with Gasteiger partial charge in [-0.15, -0.1) is 0 Å². The Hall–Kier alpha value is -0.770. The first-order valence-corrected chi connectivity index (χ1v) is 3.53.